The van der Waals surface area contributed by atoms with Gasteiger partial charge in [0.1, 0.15) is 5.83 Å². The topological polar surface area (TPSA) is 26.3 Å². The quantitative estimate of drug-likeness (QED) is 0.0696. The first-order valence-corrected chi connectivity index (χ1v) is 15.2. The van der Waals surface area contributed by atoms with E-state index in [1.807, 2.05) is 0 Å². The van der Waals surface area contributed by atoms with Gasteiger partial charge in [0.25, 0.3) is 0 Å². The Kier molecular flexibility index (Phi) is 26.1. The highest BCUT2D eigenvalue weighted by Gasteiger charge is 2.12. The molecule has 0 atom stereocenters. The molecule has 0 aliphatic rings. The minimum Gasteiger partial charge on any atom is -0.462 e. The third-order valence-electron chi connectivity index (χ3n) is 6.94. The van der Waals surface area contributed by atoms with Crippen molar-refractivity contribution in [2.75, 3.05) is 6.61 Å². The van der Waals surface area contributed by atoms with E-state index in [0.29, 0.717) is 13.0 Å². The van der Waals surface area contributed by atoms with Crippen LogP contribution in [0.25, 0.3) is 0 Å². The third kappa shape index (κ3) is 22.9. The van der Waals surface area contributed by atoms with Crippen LogP contribution in [0.1, 0.15) is 175 Å². The summed E-state index contributed by atoms with van der Waals surface area (Å²) in [7, 11) is 0. The van der Waals surface area contributed by atoms with Gasteiger partial charge in [0.05, 0.1) is 12.2 Å². The van der Waals surface area contributed by atoms with Crippen LogP contribution in [0.5, 0.6) is 0 Å². The lowest BCUT2D eigenvalue weighted by Crippen LogP contribution is -2.08. The maximum atomic E-state index is 14.2. The molecule has 0 aliphatic carbocycles. The van der Waals surface area contributed by atoms with Crippen LogP contribution in [0.2, 0.25) is 0 Å². The summed E-state index contributed by atoms with van der Waals surface area (Å²) in [5, 5.41) is 0. The summed E-state index contributed by atoms with van der Waals surface area (Å²) in [5.41, 5.74) is 0.170. The molecule has 3 heteroatoms. The second-order valence-corrected chi connectivity index (χ2v) is 10.3. The molecular formula is C31H59FO2. The lowest BCUT2D eigenvalue weighted by Gasteiger charge is -2.07. The van der Waals surface area contributed by atoms with Gasteiger partial charge in [0.2, 0.25) is 0 Å². The normalized spacial score (nSPS) is 12.1. The zero-order valence-electron chi connectivity index (χ0n) is 23.4. The highest BCUT2D eigenvalue weighted by molar-refractivity contribution is 5.88. The van der Waals surface area contributed by atoms with Crippen LogP contribution in [-0.4, -0.2) is 12.6 Å². The molecule has 0 unspecified atom stereocenters. The molecule has 34 heavy (non-hydrogen) atoms. The van der Waals surface area contributed by atoms with Gasteiger partial charge in [0, 0.05) is 0 Å². The average molecular weight is 483 g/mol. The van der Waals surface area contributed by atoms with Gasteiger partial charge in [-0.05, 0) is 26.2 Å². The summed E-state index contributed by atoms with van der Waals surface area (Å²) in [5.74, 6) is -0.755. The fraction of sp³-hybridized carbons (Fsp3) is 0.903. The van der Waals surface area contributed by atoms with Crippen molar-refractivity contribution in [3.63, 3.8) is 0 Å². The first-order valence-electron chi connectivity index (χ1n) is 15.2. The summed E-state index contributed by atoms with van der Waals surface area (Å²) in [6.45, 7) is 6.48. The van der Waals surface area contributed by atoms with Crippen LogP contribution < -0.4 is 0 Å². The van der Waals surface area contributed by atoms with Gasteiger partial charge in [-0.3, -0.25) is 0 Å². The summed E-state index contributed by atoms with van der Waals surface area (Å²) in [4.78, 5) is 12.0. The van der Waals surface area contributed by atoms with Crippen molar-refractivity contribution < 1.29 is 13.9 Å². The second kappa shape index (κ2) is 26.7. The molecule has 0 heterocycles. The number of hydrogen-bond donors (Lipinski definition) is 0. The van der Waals surface area contributed by atoms with E-state index < -0.39 is 5.97 Å². The predicted molar refractivity (Wildman–Crippen MR) is 147 cm³/mol. The summed E-state index contributed by atoms with van der Waals surface area (Å²) >= 11 is 0. The molecule has 0 aromatic rings. The van der Waals surface area contributed by atoms with Crippen LogP contribution in [0.15, 0.2) is 11.4 Å². The SMILES string of the molecule is CCCCCCCCCCCCCCCCCOC(=O)C(C)=C(F)CCCCCCCCCC. The fourth-order valence-electron chi connectivity index (χ4n) is 4.46. The van der Waals surface area contributed by atoms with E-state index in [0.717, 1.165) is 25.7 Å². The van der Waals surface area contributed by atoms with Crippen molar-refractivity contribution in [2.24, 2.45) is 0 Å². The number of esters is 1. The van der Waals surface area contributed by atoms with E-state index in [-0.39, 0.29) is 11.4 Å². The van der Waals surface area contributed by atoms with E-state index in [2.05, 4.69) is 13.8 Å². The van der Waals surface area contributed by atoms with Gasteiger partial charge in [-0.2, -0.15) is 0 Å². The number of unbranched alkanes of at least 4 members (excludes halogenated alkanes) is 21. The number of ether oxygens (including phenoxy) is 1. The van der Waals surface area contributed by atoms with Crippen molar-refractivity contribution >= 4 is 5.97 Å². The smallest absolute Gasteiger partial charge is 0.336 e. The molecule has 0 saturated heterocycles. The Balaban J connectivity index is 3.49. The Hall–Kier alpha value is -0.860. The largest absolute Gasteiger partial charge is 0.462 e. The highest BCUT2D eigenvalue weighted by atomic mass is 19.1. The second-order valence-electron chi connectivity index (χ2n) is 10.3. The van der Waals surface area contributed by atoms with E-state index in [9.17, 15) is 9.18 Å². The van der Waals surface area contributed by atoms with Crippen molar-refractivity contribution in [1.29, 1.82) is 0 Å². The number of carbonyl (C=O) groups excluding carboxylic acids is 1. The van der Waals surface area contributed by atoms with Gasteiger partial charge in [-0.15, -0.1) is 0 Å². The van der Waals surface area contributed by atoms with Crippen LogP contribution in [0, 0.1) is 0 Å². The molecule has 0 N–H and O–H groups in total. The summed E-state index contributed by atoms with van der Waals surface area (Å²) < 4.78 is 19.5. The maximum absolute atomic E-state index is 14.2. The van der Waals surface area contributed by atoms with E-state index in [1.165, 1.54) is 122 Å². The van der Waals surface area contributed by atoms with Gasteiger partial charge < -0.3 is 4.74 Å². The molecule has 0 bridgehead atoms. The molecule has 0 aliphatic heterocycles. The van der Waals surface area contributed by atoms with Crippen molar-refractivity contribution in [2.45, 2.75) is 175 Å². The molecule has 0 fully saturated rings. The Bertz CT molecular complexity index is 472. The molecule has 202 valence electrons. The Morgan fingerprint density at radius 3 is 1.24 bits per heavy atom. The fourth-order valence-corrected chi connectivity index (χ4v) is 4.46. The standard InChI is InChI=1S/C31H59FO2/c1-4-6-8-10-12-14-15-16-17-18-19-20-22-24-26-28-34-31(33)29(3)30(32)27-25-23-21-13-11-9-7-5-2/h4-28H2,1-3H3. The lowest BCUT2D eigenvalue weighted by molar-refractivity contribution is -0.139. The zero-order valence-corrected chi connectivity index (χ0v) is 23.4. The molecule has 0 amide bonds. The molecular weight excluding hydrogens is 423 g/mol. The Morgan fingerprint density at radius 2 is 0.853 bits per heavy atom. The van der Waals surface area contributed by atoms with Crippen LogP contribution in [0.3, 0.4) is 0 Å². The average Bonchev–Trinajstić information content (AvgIpc) is 2.84. The lowest BCUT2D eigenvalue weighted by atomic mass is 10.0. The van der Waals surface area contributed by atoms with Crippen LogP contribution in [0.4, 0.5) is 4.39 Å². The van der Waals surface area contributed by atoms with Crippen LogP contribution in [-0.2, 0) is 9.53 Å². The molecule has 0 aromatic heterocycles. The molecule has 0 spiro atoms. The monoisotopic (exact) mass is 482 g/mol. The molecule has 0 rings (SSSR count). The summed E-state index contributed by atoms with van der Waals surface area (Å²) in [6.07, 6.45) is 29.6. The van der Waals surface area contributed by atoms with Gasteiger partial charge in [0.15, 0.2) is 0 Å². The number of allylic oxidation sites excluding steroid dienone is 1. The number of halogens is 1. The van der Waals surface area contributed by atoms with Crippen molar-refractivity contribution in [1.82, 2.24) is 0 Å². The number of rotatable bonds is 26. The highest BCUT2D eigenvalue weighted by Crippen LogP contribution is 2.18. The molecule has 0 radical (unpaired) electrons. The third-order valence-corrected chi connectivity index (χ3v) is 6.94. The zero-order chi connectivity index (χ0) is 25.1. The summed E-state index contributed by atoms with van der Waals surface area (Å²) in [6, 6.07) is 0. The first-order chi connectivity index (χ1) is 16.6. The Labute approximate surface area is 212 Å². The van der Waals surface area contributed by atoms with Gasteiger partial charge >= 0.3 is 5.97 Å². The number of carbonyl (C=O) groups is 1. The molecule has 0 saturated carbocycles. The molecule has 2 nitrogen and oxygen atoms in total. The van der Waals surface area contributed by atoms with Crippen molar-refractivity contribution in [3.8, 4) is 0 Å². The molecule has 0 aromatic carbocycles. The van der Waals surface area contributed by atoms with E-state index in [4.69, 9.17) is 4.74 Å². The van der Waals surface area contributed by atoms with Crippen molar-refractivity contribution in [3.05, 3.63) is 11.4 Å². The maximum Gasteiger partial charge on any atom is 0.336 e. The first kappa shape index (κ1) is 33.1. The minimum absolute atomic E-state index is 0.170. The van der Waals surface area contributed by atoms with Crippen LogP contribution >= 0.6 is 0 Å². The minimum atomic E-state index is -0.470. The van der Waals surface area contributed by atoms with E-state index >= 15 is 0 Å². The predicted octanol–water partition coefficient (Wildman–Crippen LogP) is 11.2. The number of hydrogen-bond acceptors (Lipinski definition) is 2. The van der Waals surface area contributed by atoms with E-state index in [1.54, 1.807) is 6.92 Å². The van der Waals surface area contributed by atoms with Gasteiger partial charge in [-0.1, -0.05) is 149 Å². The Morgan fingerprint density at radius 1 is 0.529 bits per heavy atom. The van der Waals surface area contributed by atoms with Gasteiger partial charge in [-0.25, -0.2) is 9.18 Å².